The molecule has 0 bridgehead atoms. The van der Waals surface area contributed by atoms with Crippen LogP contribution in [0.3, 0.4) is 0 Å². The topological polar surface area (TPSA) is 79.7 Å². The summed E-state index contributed by atoms with van der Waals surface area (Å²) in [6, 6.07) is 5.94. The van der Waals surface area contributed by atoms with Crippen molar-refractivity contribution in [2.24, 2.45) is 0 Å². The molecule has 2 aromatic heterocycles. The number of fused-ring (bicyclic) bond motifs is 1. The average Bonchev–Trinajstić information content (AvgIpc) is 3.32. The molecule has 1 fully saturated rings. The number of tetrazole rings is 1. The molecular formula is C21H28N6O. The lowest BCUT2D eigenvalue weighted by Crippen LogP contribution is -2.36. The number of benzene rings is 1. The highest BCUT2D eigenvalue weighted by atomic mass is 16.1. The minimum Gasteiger partial charge on any atom is -0.321 e. The van der Waals surface area contributed by atoms with Crippen LogP contribution < -0.4 is 5.56 Å². The fraction of sp³-hybridized carbons (Fsp3) is 0.524. The summed E-state index contributed by atoms with van der Waals surface area (Å²) in [7, 11) is 0. The van der Waals surface area contributed by atoms with Crippen LogP contribution in [0.5, 0.6) is 0 Å². The normalized spacial score (nSPS) is 16.8. The zero-order valence-electron chi connectivity index (χ0n) is 17.3. The van der Waals surface area contributed by atoms with Crippen LogP contribution in [-0.2, 0) is 5.54 Å². The monoisotopic (exact) mass is 380 g/mol. The second-order valence-electron chi connectivity index (χ2n) is 8.79. The lowest BCUT2D eigenvalue weighted by molar-refractivity contribution is 0.241. The molecule has 0 saturated carbocycles. The zero-order valence-corrected chi connectivity index (χ0v) is 17.3. The zero-order chi connectivity index (χ0) is 20.1. The van der Waals surface area contributed by atoms with E-state index in [1.807, 2.05) is 17.7 Å². The van der Waals surface area contributed by atoms with Crippen LogP contribution in [-0.4, -0.2) is 43.2 Å². The molecule has 1 aliphatic rings. The van der Waals surface area contributed by atoms with Crippen LogP contribution in [0.4, 0.5) is 0 Å². The molecule has 0 radical (unpaired) electrons. The molecule has 28 heavy (non-hydrogen) atoms. The Balaban J connectivity index is 1.94. The van der Waals surface area contributed by atoms with E-state index in [1.54, 1.807) is 0 Å². The molecule has 3 heterocycles. The third-order valence-corrected chi connectivity index (χ3v) is 5.75. The number of H-pyrrole nitrogens is 1. The summed E-state index contributed by atoms with van der Waals surface area (Å²) in [5.41, 5.74) is 3.56. The quantitative estimate of drug-likeness (QED) is 0.755. The maximum Gasteiger partial charge on any atom is 0.253 e. The molecule has 4 rings (SSSR count). The van der Waals surface area contributed by atoms with Crippen molar-refractivity contribution in [1.82, 2.24) is 30.1 Å². The molecule has 1 aromatic carbocycles. The smallest absolute Gasteiger partial charge is 0.253 e. The van der Waals surface area contributed by atoms with Crippen molar-refractivity contribution < 1.29 is 0 Å². The highest BCUT2D eigenvalue weighted by Gasteiger charge is 2.34. The van der Waals surface area contributed by atoms with Crippen molar-refractivity contribution in [3.8, 4) is 0 Å². The van der Waals surface area contributed by atoms with Gasteiger partial charge in [-0.1, -0.05) is 12.1 Å². The number of nitrogens with zero attached hydrogens (tertiary/aromatic N) is 5. The molecule has 3 aromatic rings. The van der Waals surface area contributed by atoms with Crippen molar-refractivity contribution >= 4 is 10.9 Å². The second-order valence-corrected chi connectivity index (χ2v) is 8.79. The summed E-state index contributed by atoms with van der Waals surface area (Å²) in [4.78, 5) is 18.6. The van der Waals surface area contributed by atoms with E-state index in [9.17, 15) is 4.79 Å². The summed E-state index contributed by atoms with van der Waals surface area (Å²) in [6.45, 7) is 12.2. The Morgan fingerprint density at radius 1 is 1.14 bits per heavy atom. The highest BCUT2D eigenvalue weighted by molar-refractivity contribution is 5.83. The molecule has 0 spiro atoms. The van der Waals surface area contributed by atoms with Crippen LogP contribution in [0, 0.1) is 13.8 Å². The van der Waals surface area contributed by atoms with Gasteiger partial charge in [-0.15, -0.1) is 5.10 Å². The van der Waals surface area contributed by atoms with E-state index in [-0.39, 0.29) is 17.1 Å². The molecule has 0 aliphatic carbocycles. The van der Waals surface area contributed by atoms with Gasteiger partial charge in [-0.2, -0.15) is 0 Å². The first-order valence-electron chi connectivity index (χ1n) is 9.93. The molecule has 1 saturated heterocycles. The number of aromatic nitrogens is 5. The van der Waals surface area contributed by atoms with Crippen molar-refractivity contribution in [2.75, 3.05) is 13.1 Å². The van der Waals surface area contributed by atoms with Gasteiger partial charge in [-0.05, 0) is 93.6 Å². The first kappa shape index (κ1) is 18.8. The first-order valence-corrected chi connectivity index (χ1v) is 9.93. The predicted molar refractivity (Wildman–Crippen MR) is 110 cm³/mol. The third kappa shape index (κ3) is 3.13. The van der Waals surface area contributed by atoms with Crippen LogP contribution in [0.1, 0.15) is 62.2 Å². The van der Waals surface area contributed by atoms with Gasteiger partial charge in [0.25, 0.3) is 5.56 Å². The van der Waals surface area contributed by atoms with Crippen LogP contribution >= 0.6 is 0 Å². The standard InChI is InChI=1S/C21H28N6O/c1-13-8-9-15-12-16(20(28)22-17(15)14(13)2)18(26-10-6-7-11-26)19-23-24-25-27(19)21(3,4)5/h8-9,12,18H,6-7,10-11H2,1-5H3,(H,22,28)/t18-/m1/s1. The van der Waals surface area contributed by atoms with E-state index in [4.69, 9.17) is 0 Å². The summed E-state index contributed by atoms with van der Waals surface area (Å²) in [6.07, 6.45) is 2.24. The van der Waals surface area contributed by atoms with Gasteiger partial charge >= 0.3 is 0 Å². The Bertz CT molecular complexity index is 1070. The molecule has 1 aliphatic heterocycles. The number of likely N-dealkylation sites (tertiary alicyclic amines) is 1. The van der Waals surface area contributed by atoms with E-state index in [0.29, 0.717) is 5.56 Å². The van der Waals surface area contributed by atoms with E-state index in [0.717, 1.165) is 48.2 Å². The molecule has 7 nitrogen and oxygen atoms in total. The fourth-order valence-electron chi connectivity index (χ4n) is 4.09. The molecular weight excluding hydrogens is 352 g/mol. The van der Waals surface area contributed by atoms with Crippen molar-refractivity contribution in [3.63, 3.8) is 0 Å². The number of hydrogen-bond acceptors (Lipinski definition) is 5. The van der Waals surface area contributed by atoms with Gasteiger partial charge in [-0.25, -0.2) is 4.68 Å². The summed E-state index contributed by atoms with van der Waals surface area (Å²) < 4.78 is 1.85. The van der Waals surface area contributed by atoms with E-state index in [1.165, 1.54) is 5.56 Å². The van der Waals surface area contributed by atoms with Crippen molar-refractivity contribution in [3.05, 3.63) is 51.1 Å². The maximum atomic E-state index is 13.2. The number of aryl methyl sites for hydroxylation is 2. The Morgan fingerprint density at radius 2 is 1.86 bits per heavy atom. The van der Waals surface area contributed by atoms with Gasteiger partial charge in [0.05, 0.1) is 11.1 Å². The number of rotatable bonds is 3. The summed E-state index contributed by atoms with van der Waals surface area (Å²) in [5.74, 6) is 0.725. The number of nitrogens with one attached hydrogen (secondary N) is 1. The summed E-state index contributed by atoms with van der Waals surface area (Å²) >= 11 is 0. The highest BCUT2D eigenvalue weighted by Crippen LogP contribution is 2.32. The van der Waals surface area contributed by atoms with Gasteiger partial charge in [-0.3, -0.25) is 9.69 Å². The van der Waals surface area contributed by atoms with Crippen molar-refractivity contribution in [1.29, 1.82) is 0 Å². The minimum atomic E-state index is -0.270. The minimum absolute atomic E-state index is 0.0680. The SMILES string of the molecule is Cc1ccc2cc([C@H](c3nnnn3C(C)(C)C)N3CCCC3)c(=O)[nH]c2c1C. The lowest BCUT2D eigenvalue weighted by Gasteiger charge is -2.29. The molecule has 7 heteroatoms. The van der Waals surface area contributed by atoms with Gasteiger partial charge in [0.2, 0.25) is 0 Å². The van der Waals surface area contributed by atoms with Crippen LogP contribution in [0.25, 0.3) is 10.9 Å². The number of hydrogen-bond donors (Lipinski definition) is 1. The third-order valence-electron chi connectivity index (χ3n) is 5.75. The predicted octanol–water partition coefficient (Wildman–Crippen LogP) is 3.07. The number of aromatic amines is 1. The van der Waals surface area contributed by atoms with Gasteiger partial charge < -0.3 is 4.98 Å². The average molecular weight is 380 g/mol. The molecule has 1 N–H and O–H groups in total. The first-order chi connectivity index (χ1) is 13.3. The largest absolute Gasteiger partial charge is 0.321 e. The molecule has 0 amide bonds. The van der Waals surface area contributed by atoms with Gasteiger partial charge in [0.1, 0.15) is 6.04 Å². The van der Waals surface area contributed by atoms with Crippen LogP contribution in [0.2, 0.25) is 0 Å². The summed E-state index contributed by atoms with van der Waals surface area (Å²) in [5, 5.41) is 13.6. The molecule has 148 valence electrons. The Labute approximate surface area is 164 Å². The number of pyridine rings is 1. The van der Waals surface area contributed by atoms with Crippen molar-refractivity contribution in [2.45, 2.75) is 59.0 Å². The van der Waals surface area contributed by atoms with E-state index < -0.39 is 0 Å². The fourth-order valence-corrected chi connectivity index (χ4v) is 4.09. The van der Waals surface area contributed by atoms with E-state index >= 15 is 0 Å². The molecule has 0 unspecified atom stereocenters. The Hall–Kier alpha value is -2.54. The van der Waals surface area contributed by atoms with Gasteiger partial charge in [0, 0.05) is 5.56 Å². The second kappa shape index (κ2) is 6.81. The Morgan fingerprint density at radius 3 is 2.54 bits per heavy atom. The van der Waals surface area contributed by atoms with E-state index in [2.05, 4.69) is 65.2 Å². The lowest BCUT2D eigenvalue weighted by atomic mass is 9.99. The molecule has 1 atom stereocenters. The Kier molecular flexibility index (Phi) is 4.57. The maximum absolute atomic E-state index is 13.2. The van der Waals surface area contributed by atoms with Crippen LogP contribution in [0.15, 0.2) is 23.0 Å². The van der Waals surface area contributed by atoms with Gasteiger partial charge in [0.15, 0.2) is 5.82 Å².